The van der Waals surface area contributed by atoms with Crippen LogP contribution < -0.4 is 5.32 Å². The van der Waals surface area contributed by atoms with Crippen LogP contribution in [-0.4, -0.2) is 31.4 Å². The molecule has 0 aliphatic rings. The molecular formula is C18H19N3O3S. The molecular weight excluding hydrogens is 338 g/mol. The van der Waals surface area contributed by atoms with Crippen molar-refractivity contribution in [1.29, 1.82) is 5.26 Å². The van der Waals surface area contributed by atoms with Crippen molar-refractivity contribution in [2.24, 2.45) is 0 Å². The molecule has 0 aliphatic heterocycles. The minimum atomic E-state index is -3.54. The number of rotatable bonds is 6. The quantitative estimate of drug-likeness (QED) is 0.859. The van der Waals surface area contributed by atoms with Crippen LogP contribution >= 0.6 is 0 Å². The number of carbonyl (C=O) groups is 1. The second-order valence-electron chi connectivity index (χ2n) is 5.75. The lowest BCUT2D eigenvalue weighted by Crippen LogP contribution is -2.36. The van der Waals surface area contributed by atoms with E-state index in [0.717, 1.165) is 21.7 Å². The molecule has 1 N–H and O–H groups in total. The molecule has 2 aromatic carbocycles. The molecule has 6 nitrogen and oxygen atoms in total. The molecule has 7 heteroatoms. The van der Waals surface area contributed by atoms with Gasteiger partial charge in [0.15, 0.2) is 0 Å². The third-order valence-corrected chi connectivity index (χ3v) is 4.76. The number of anilines is 1. The SMILES string of the molecule is Cc1ccc(CN(CC(=O)Nc2ccc(C#N)cc2)S(C)(=O)=O)cc1. The van der Waals surface area contributed by atoms with E-state index in [4.69, 9.17) is 5.26 Å². The predicted octanol–water partition coefficient (Wildman–Crippen LogP) is 2.27. The van der Waals surface area contributed by atoms with Gasteiger partial charge in [0.05, 0.1) is 24.4 Å². The van der Waals surface area contributed by atoms with Crippen LogP contribution in [0.5, 0.6) is 0 Å². The lowest BCUT2D eigenvalue weighted by atomic mass is 10.1. The van der Waals surface area contributed by atoms with Crippen LogP contribution in [0.4, 0.5) is 5.69 Å². The molecule has 0 unspecified atom stereocenters. The van der Waals surface area contributed by atoms with E-state index in [0.29, 0.717) is 11.3 Å². The number of nitrogens with one attached hydrogen (secondary N) is 1. The second-order valence-corrected chi connectivity index (χ2v) is 7.74. The minimum Gasteiger partial charge on any atom is -0.325 e. The first-order valence-electron chi connectivity index (χ1n) is 7.58. The topological polar surface area (TPSA) is 90.3 Å². The van der Waals surface area contributed by atoms with Gasteiger partial charge in [0.2, 0.25) is 15.9 Å². The molecule has 0 bridgehead atoms. The molecule has 0 heterocycles. The number of nitrogens with zero attached hydrogens (tertiary/aromatic N) is 2. The molecule has 2 aromatic rings. The highest BCUT2D eigenvalue weighted by Gasteiger charge is 2.20. The maximum Gasteiger partial charge on any atom is 0.239 e. The Kier molecular flexibility index (Phi) is 5.91. The summed E-state index contributed by atoms with van der Waals surface area (Å²) in [6.45, 7) is 1.79. The van der Waals surface area contributed by atoms with Gasteiger partial charge < -0.3 is 5.32 Å². The first-order chi connectivity index (χ1) is 11.8. The van der Waals surface area contributed by atoms with E-state index in [2.05, 4.69) is 5.32 Å². The fraction of sp³-hybridized carbons (Fsp3) is 0.222. The molecule has 1 amide bonds. The highest BCUT2D eigenvalue weighted by atomic mass is 32.2. The maximum atomic E-state index is 12.2. The Morgan fingerprint density at radius 1 is 1.12 bits per heavy atom. The van der Waals surface area contributed by atoms with Crippen LogP contribution in [0.2, 0.25) is 0 Å². The van der Waals surface area contributed by atoms with Crippen molar-refractivity contribution in [3.8, 4) is 6.07 Å². The summed E-state index contributed by atoms with van der Waals surface area (Å²) in [5.74, 6) is -0.442. The van der Waals surface area contributed by atoms with Crippen molar-refractivity contribution >= 4 is 21.6 Å². The number of carbonyl (C=O) groups excluding carboxylic acids is 1. The zero-order chi connectivity index (χ0) is 18.4. The number of hydrogen-bond acceptors (Lipinski definition) is 4. The van der Waals surface area contributed by atoms with E-state index in [1.54, 1.807) is 24.3 Å². The summed E-state index contributed by atoms with van der Waals surface area (Å²) in [4.78, 5) is 12.2. The molecule has 0 radical (unpaired) electrons. The van der Waals surface area contributed by atoms with Crippen molar-refractivity contribution in [2.45, 2.75) is 13.5 Å². The van der Waals surface area contributed by atoms with Crippen LogP contribution in [-0.2, 0) is 21.4 Å². The third-order valence-electron chi connectivity index (χ3n) is 3.57. The van der Waals surface area contributed by atoms with Crippen molar-refractivity contribution in [1.82, 2.24) is 4.31 Å². The summed E-state index contributed by atoms with van der Waals surface area (Å²) in [7, 11) is -3.54. The maximum absolute atomic E-state index is 12.2. The molecule has 0 saturated carbocycles. The summed E-state index contributed by atoms with van der Waals surface area (Å²) < 4.78 is 25.1. The fourth-order valence-electron chi connectivity index (χ4n) is 2.18. The molecule has 130 valence electrons. The first kappa shape index (κ1) is 18.6. The van der Waals surface area contributed by atoms with Gasteiger partial charge >= 0.3 is 0 Å². The van der Waals surface area contributed by atoms with Crippen LogP contribution in [0.25, 0.3) is 0 Å². The Labute approximate surface area is 147 Å². The Morgan fingerprint density at radius 2 is 1.72 bits per heavy atom. The first-order valence-corrected chi connectivity index (χ1v) is 9.43. The van der Waals surface area contributed by atoms with Gasteiger partial charge in [0.25, 0.3) is 0 Å². The number of nitriles is 1. The van der Waals surface area contributed by atoms with E-state index >= 15 is 0 Å². The molecule has 0 spiro atoms. The Bertz CT molecular complexity index is 883. The van der Waals surface area contributed by atoms with Gasteiger partial charge in [0.1, 0.15) is 0 Å². The van der Waals surface area contributed by atoms with E-state index in [1.807, 2.05) is 37.3 Å². The lowest BCUT2D eigenvalue weighted by molar-refractivity contribution is -0.116. The van der Waals surface area contributed by atoms with Crippen LogP contribution in [0, 0.1) is 18.3 Å². The molecule has 2 rings (SSSR count). The average Bonchev–Trinajstić information content (AvgIpc) is 2.56. The largest absolute Gasteiger partial charge is 0.325 e. The molecule has 0 aromatic heterocycles. The van der Waals surface area contributed by atoms with Gasteiger partial charge in [-0.05, 0) is 36.8 Å². The Hall–Kier alpha value is -2.69. The van der Waals surface area contributed by atoms with Crippen molar-refractivity contribution in [2.75, 3.05) is 18.1 Å². The third kappa shape index (κ3) is 5.71. The number of sulfonamides is 1. The van der Waals surface area contributed by atoms with Gasteiger partial charge in [-0.1, -0.05) is 29.8 Å². The summed E-state index contributed by atoms with van der Waals surface area (Å²) in [5.41, 5.74) is 2.87. The highest BCUT2D eigenvalue weighted by Crippen LogP contribution is 2.12. The van der Waals surface area contributed by atoms with Gasteiger partial charge in [-0.25, -0.2) is 8.42 Å². The van der Waals surface area contributed by atoms with Crippen LogP contribution in [0.3, 0.4) is 0 Å². The lowest BCUT2D eigenvalue weighted by Gasteiger charge is -2.19. The van der Waals surface area contributed by atoms with Gasteiger partial charge in [-0.2, -0.15) is 9.57 Å². The highest BCUT2D eigenvalue weighted by molar-refractivity contribution is 7.88. The molecule has 0 atom stereocenters. The van der Waals surface area contributed by atoms with Crippen molar-refractivity contribution in [3.63, 3.8) is 0 Å². The summed E-state index contributed by atoms with van der Waals surface area (Å²) in [6, 6.07) is 15.8. The van der Waals surface area contributed by atoms with Gasteiger partial charge in [-0.3, -0.25) is 4.79 Å². The fourth-order valence-corrected chi connectivity index (χ4v) is 2.91. The monoisotopic (exact) mass is 357 g/mol. The van der Waals surface area contributed by atoms with E-state index in [1.165, 1.54) is 0 Å². The predicted molar refractivity (Wildman–Crippen MR) is 96.2 cm³/mol. The Morgan fingerprint density at radius 3 is 2.24 bits per heavy atom. The molecule has 0 saturated heterocycles. The average molecular weight is 357 g/mol. The number of amides is 1. The minimum absolute atomic E-state index is 0.125. The molecule has 25 heavy (non-hydrogen) atoms. The van der Waals surface area contributed by atoms with Gasteiger partial charge in [0, 0.05) is 12.2 Å². The number of hydrogen-bond donors (Lipinski definition) is 1. The Balaban J connectivity index is 2.07. The zero-order valence-electron chi connectivity index (χ0n) is 14.1. The van der Waals surface area contributed by atoms with Gasteiger partial charge in [-0.15, -0.1) is 0 Å². The van der Waals surface area contributed by atoms with E-state index in [-0.39, 0.29) is 13.1 Å². The van der Waals surface area contributed by atoms with E-state index < -0.39 is 15.9 Å². The van der Waals surface area contributed by atoms with Crippen molar-refractivity contribution in [3.05, 3.63) is 65.2 Å². The summed E-state index contributed by atoms with van der Waals surface area (Å²) in [5, 5.41) is 11.4. The summed E-state index contributed by atoms with van der Waals surface area (Å²) in [6.07, 6.45) is 1.08. The zero-order valence-corrected chi connectivity index (χ0v) is 14.9. The van der Waals surface area contributed by atoms with E-state index in [9.17, 15) is 13.2 Å². The van der Waals surface area contributed by atoms with Crippen molar-refractivity contribution < 1.29 is 13.2 Å². The number of aryl methyl sites for hydroxylation is 1. The molecule has 0 aliphatic carbocycles. The second kappa shape index (κ2) is 7.92. The standard InChI is InChI=1S/C18H19N3O3S/c1-14-3-5-16(6-4-14)12-21(25(2,23)24)13-18(22)20-17-9-7-15(11-19)8-10-17/h3-10H,12-13H2,1-2H3,(H,20,22). The van der Waals surface area contributed by atoms with Crippen LogP contribution in [0.1, 0.15) is 16.7 Å². The summed E-state index contributed by atoms with van der Waals surface area (Å²) >= 11 is 0. The van der Waals surface area contributed by atoms with Crippen LogP contribution in [0.15, 0.2) is 48.5 Å². The molecule has 0 fully saturated rings. The normalized spacial score (nSPS) is 11.1. The smallest absolute Gasteiger partial charge is 0.239 e. The number of benzene rings is 2.